The van der Waals surface area contributed by atoms with E-state index in [-0.39, 0.29) is 0 Å². The van der Waals surface area contributed by atoms with E-state index < -0.39 is 12.1 Å². The van der Waals surface area contributed by atoms with Gasteiger partial charge in [0.25, 0.3) is 0 Å². The van der Waals surface area contributed by atoms with Gasteiger partial charge < -0.3 is 19.3 Å². The second kappa shape index (κ2) is 10.5. The zero-order valence-electron chi connectivity index (χ0n) is 11.0. The SMILES string of the molecule is CCOC(CCOCCOCC(C)C)C(=O)O. The van der Waals surface area contributed by atoms with Crippen molar-refractivity contribution < 1.29 is 24.1 Å². The molecule has 5 heteroatoms. The Labute approximate surface area is 103 Å². The highest BCUT2D eigenvalue weighted by Crippen LogP contribution is 1.99. The molecule has 0 spiro atoms. The van der Waals surface area contributed by atoms with Crippen LogP contribution in [0.3, 0.4) is 0 Å². The third-order valence-electron chi connectivity index (χ3n) is 1.99. The summed E-state index contributed by atoms with van der Waals surface area (Å²) in [7, 11) is 0. The van der Waals surface area contributed by atoms with Gasteiger partial charge in [-0.25, -0.2) is 4.79 Å². The zero-order valence-corrected chi connectivity index (χ0v) is 11.0. The van der Waals surface area contributed by atoms with Gasteiger partial charge in [-0.05, 0) is 12.8 Å². The monoisotopic (exact) mass is 248 g/mol. The number of carboxylic acid groups (broad SMARTS) is 1. The minimum Gasteiger partial charge on any atom is -0.479 e. The third kappa shape index (κ3) is 10.2. The summed E-state index contributed by atoms with van der Waals surface area (Å²) >= 11 is 0. The van der Waals surface area contributed by atoms with E-state index in [0.29, 0.717) is 38.8 Å². The number of carboxylic acids is 1. The van der Waals surface area contributed by atoms with Crippen molar-refractivity contribution in [3.8, 4) is 0 Å². The number of hydrogen-bond donors (Lipinski definition) is 1. The van der Waals surface area contributed by atoms with E-state index in [9.17, 15) is 4.79 Å². The molecular formula is C12H24O5. The number of rotatable bonds is 11. The lowest BCUT2D eigenvalue weighted by Crippen LogP contribution is -2.25. The van der Waals surface area contributed by atoms with Crippen LogP contribution in [0.2, 0.25) is 0 Å². The largest absolute Gasteiger partial charge is 0.479 e. The first-order valence-corrected chi connectivity index (χ1v) is 6.07. The molecule has 1 N–H and O–H groups in total. The van der Waals surface area contributed by atoms with Gasteiger partial charge in [-0.1, -0.05) is 13.8 Å². The molecule has 0 aromatic rings. The Bertz CT molecular complexity index is 193. The molecule has 102 valence electrons. The van der Waals surface area contributed by atoms with Crippen LogP contribution in [0.4, 0.5) is 0 Å². The Morgan fingerprint density at radius 2 is 1.82 bits per heavy atom. The van der Waals surface area contributed by atoms with E-state index in [4.69, 9.17) is 19.3 Å². The van der Waals surface area contributed by atoms with Gasteiger partial charge in [0.15, 0.2) is 6.10 Å². The summed E-state index contributed by atoms with van der Waals surface area (Å²) in [5, 5.41) is 8.80. The zero-order chi connectivity index (χ0) is 13.1. The summed E-state index contributed by atoms with van der Waals surface area (Å²) in [5.41, 5.74) is 0. The summed E-state index contributed by atoms with van der Waals surface area (Å²) in [6, 6.07) is 0. The fourth-order valence-corrected chi connectivity index (χ4v) is 1.21. The minimum atomic E-state index is -0.938. The number of hydrogen-bond acceptors (Lipinski definition) is 4. The van der Waals surface area contributed by atoms with Gasteiger partial charge in [0.2, 0.25) is 0 Å². The van der Waals surface area contributed by atoms with Crippen LogP contribution in [0.1, 0.15) is 27.2 Å². The highest BCUT2D eigenvalue weighted by atomic mass is 16.5. The van der Waals surface area contributed by atoms with E-state index in [1.165, 1.54) is 0 Å². The number of ether oxygens (including phenoxy) is 3. The molecule has 0 radical (unpaired) electrons. The van der Waals surface area contributed by atoms with Crippen LogP contribution in [-0.2, 0) is 19.0 Å². The second-order valence-corrected chi connectivity index (χ2v) is 4.15. The van der Waals surface area contributed by atoms with Crippen LogP contribution < -0.4 is 0 Å². The maximum Gasteiger partial charge on any atom is 0.332 e. The quantitative estimate of drug-likeness (QED) is 0.562. The number of aliphatic carboxylic acids is 1. The predicted molar refractivity (Wildman–Crippen MR) is 64.1 cm³/mol. The first-order chi connectivity index (χ1) is 8.07. The van der Waals surface area contributed by atoms with E-state index in [0.717, 1.165) is 6.61 Å². The fraction of sp³-hybridized carbons (Fsp3) is 0.917. The molecule has 0 aliphatic heterocycles. The molecule has 0 aromatic carbocycles. The van der Waals surface area contributed by atoms with Gasteiger partial charge in [0.1, 0.15) is 0 Å². The number of carbonyl (C=O) groups is 1. The Balaban J connectivity index is 3.39. The van der Waals surface area contributed by atoms with E-state index in [2.05, 4.69) is 13.8 Å². The molecular weight excluding hydrogens is 224 g/mol. The summed E-state index contributed by atoms with van der Waals surface area (Å²) in [5.74, 6) is -0.421. The minimum absolute atomic E-state index is 0.368. The van der Waals surface area contributed by atoms with E-state index in [1.54, 1.807) is 6.92 Å². The van der Waals surface area contributed by atoms with Crippen molar-refractivity contribution in [1.82, 2.24) is 0 Å². The molecule has 0 amide bonds. The Kier molecular flexibility index (Phi) is 10.1. The average Bonchev–Trinajstić information content (AvgIpc) is 2.25. The van der Waals surface area contributed by atoms with Crippen LogP contribution in [0, 0.1) is 5.92 Å². The lowest BCUT2D eigenvalue weighted by Gasteiger charge is -2.12. The topological polar surface area (TPSA) is 65.0 Å². The molecule has 0 fully saturated rings. The van der Waals surface area contributed by atoms with Crippen molar-refractivity contribution in [3.05, 3.63) is 0 Å². The second-order valence-electron chi connectivity index (χ2n) is 4.15. The maximum atomic E-state index is 10.7. The summed E-state index contributed by atoms with van der Waals surface area (Å²) in [6.07, 6.45) is -0.399. The van der Waals surface area contributed by atoms with Crippen LogP contribution >= 0.6 is 0 Å². The molecule has 0 saturated heterocycles. The van der Waals surface area contributed by atoms with Gasteiger partial charge >= 0.3 is 5.97 Å². The van der Waals surface area contributed by atoms with Gasteiger partial charge in [-0.2, -0.15) is 0 Å². The highest BCUT2D eigenvalue weighted by molar-refractivity contribution is 5.72. The van der Waals surface area contributed by atoms with Crippen molar-refractivity contribution >= 4 is 5.97 Å². The van der Waals surface area contributed by atoms with Crippen molar-refractivity contribution in [2.45, 2.75) is 33.3 Å². The summed E-state index contributed by atoms with van der Waals surface area (Å²) < 4.78 is 15.7. The molecule has 5 nitrogen and oxygen atoms in total. The van der Waals surface area contributed by atoms with Crippen molar-refractivity contribution in [2.24, 2.45) is 5.92 Å². The molecule has 0 aliphatic carbocycles. The fourth-order valence-electron chi connectivity index (χ4n) is 1.21. The Hall–Kier alpha value is -0.650. The standard InChI is InChI=1S/C12H24O5/c1-4-17-11(12(13)14)5-6-15-7-8-16-9-10(2)3/h10-11H,4-9H2,1-3H3,(H,13,14). The lowest BCUT2D eigenvalue weighted by atomic mass is 10.2. The van der Waals surface area contributed by atoms with Crippen molar-refractivity contribution in [2.75, 3.05) is 33.0 Å². The van der Waals surface area contributed by atoms with Crippen LogP contribution in [0.15, 0.2) is 0 Å². The van der Waals surface area contributed by atoms with Gasteiger partial charge in [-0.3, -0.25) is 0 Å². The molecule has 0 heterocycles. The van der Waals surface area contributed by atoms with Crippen LogP contribution in [0.5, 0.6) is 0 Å². The molecule has 0 aliphatic rings. The normalized spacial score (nSPS) is 12.9. The van der Waals surface area contributed by atoms with Gasteiger partial charge in [0.05, 0.1) is 13.2 Å². The Morgan fingerprint density at radius 3 is 2.35 bits per heavy atom. The molecule has 1 atom stereocenters. The van der Waals surface area contributed by atoms with Crippen molar-refractivity contribution in [1.29, 1.82) is 0 Å². The Morgan fingerprint density at radius 1 is 1.18 bits per heavy atom. The lowest BCUT2D eigenvalue weighted by molar-refractivity contribution is -0.151. The first kappa shape index (κ1) is 16.4. The van der Waals surface area contributed by atoms with Gasteiger partial charge in [-0.15, -0.1) is 0 Å². The van der Waals surface area contributed by atoms with Crippen molar-refractivity contribution in [3.63, 3.8) is 0 Å². The smallest absolute Gasteiger partial charge is 0.332 e. The molecule has 0 rings (SSSR count). The predicted octanol–water partition coefficient (Wildman–Crippen LogP) is 1.56. The first-order valence-electron chi connectivity index (χ1n) is 6.07. The van der Waals surface area contributed by atoms with Crippen LogP contribution in [-0.4, -0.2) is 50.2 Å². The molecule has 0 saturated carbocycles. The summed E-state index contributed by atoms with van der Waals surface area (Å²) in [4.78, 5) is 10.7. The maximum absolute atomic E-state index is 10.7. The molecule has 0 bridgehead atoms. The third-order valence-corrected chi connectivity index (χ3v) is 1.99. The highest BCUT2D eigenvalue weighted by Gasteiger charge is 2.16. The van der Waals surface area contributed by atoms with Gasteiger partial charge in [0, 0.05) is 26.2 Å². The molecule has 0 aromatic heterocycles. The van der Waals surface area contributed by atoms with E-state index >= 15 is 0 Å². The van der Waals surface area contributed by atoms with Crippen LogP contribution in [0.25, 0.3) is 0 Å². The average molecular weight is 248 g/mol. The summed E-state index contributed by atoms with van der Waals surface area (Å²) in [6.45, 7) is 8.48. The van der Waals surface area contributed by atoms with E-state index in [1.807, 2.05) is 0 Å². The molecule has 1 unspecified atom stereocenters. The molecule has 17 heavy (non-hydrogen) atoms.